The van der Waals surface area contributed by atoms with E-state index in [0.717, 1.165) is 17.7 Å². The number of anilines is 1. The van der Waals surface area contributed by atoms with Crippen LogP contribution in [0.2, 0.25) is 0 Å². The van der Waals surface area contributed by atoms with E-state index < -0.39 is 6.03 Å². The number of rotatable bonds is 5. The van der Waals surface area contributed by atoms with Gasteiger partial charge in [0.05, 0.1) is 30.7 Å². The van der Waals surface area contributed by atoms with E-state index in [2.05, 4.69) is 20.4 Å². The molecule has 170 valence electrons. The minimum atomic E-state index is -0.502. The number of pyridine rings is 2. The van der Waals surface area contributed by atoms with Crippen LogP contribution >= 0.6 is 0 Å². The smallest absolute Gasteiger partial charge is 0.331 e. The highest BCUT2D eigenvalue weighted by molar-refractivity contribution is 6.01. The molecule has 0 aliphatic carbocycles. The van der Waals surface area contributed by atoms with Crippen LogP contribution in [0.15, 0.2) is 49.1 Å². The molecule has 2 aliphatic rings. The number of nitrogens with one attached hydrogen (secondary N) is 1. The Balaban J connectivity index is 1.20. The van der Waals surface area contributed by atoms with Gasteiger partial charge in [0, 0.05) is 50.8 Å². The van der Waals surface area contributed by atoms with E-state index in [-0.39, 0.29) is 12.1 Å². The van der Waals surface area contributed by atoms with Gasteiger partial charge in [-0.1, -0.05) is 0 Å². The second kappa shape index (κ2) is 8.87. The first kappa shape index (κ1) is 20.9. The Morgan fingerprint density at radius 1 is 1.18 bits per heavy atom. The van der Waals surface area contributed by atoms with E-state index in [4.69, 9.17) is 9.47 Å². The van der Waals surface area contributed by atoms with Crippen molar-refractivity contribution in [3.8, 4) is 22.8 Å². The molecule has 0 radical (unpaired) electrons. The lowest BCUT2D eigenvalue weighted by Gasteiger charge is -2.22. The third-order valence-electron chi connectivity index (χ3n) is 5.57. The fourth-order valence-corrected chi connectivity index (χ4v) is 3.86. The van der Waals surface area contributed by atoms with Crippen LogP contribution < -0.4 is 10.1 Å². The largest absolute Gasteiger partial charge is 0.456 e. The number of amides is 4. The van der Waals surface area contributed by atoms with E-state index in [1.807, 2.05) is 19.3 Å². The fourth-order valence-electron chi connectivity index (χ4n) is 3.86. The molecule has 0 spiro atoms. The molecule has 2 saturated heterocycles. The molecule has 1 atom stereocenters. The van der Waals surface area contributed by atoms with E-state index in [1.165, 1.54) is 11.1 Å². The Kier molecular flexibility index (Phi) is 5.61. The summed E-state index contributed by atoms with van der Waals surface area (Å²) in [6.45, 7) is 2.01. The molecule has 4 amide bonds. The maximum Gasteiger partial charge on any atom is 0.331 e. The summed E-state index contributed by atoms with van der Waals surface area (Å²) < 4.78 is 12.9. The Morgan fingerprint density at radius 2 is 2.09 bits per heavy atom. The summed E-state index contributed by atoms with van der Waals surface area (Å²) in [5.41, 5.74) is 1.63. The lowest BCUT2D eigenvalue weighted by Crippen LogP contribution is -2.43. The molecule has 11 nitrogen and oxygen atoms in total. The van der Waals surface area contributed by atoms with Crippen molar-refractivity contribution in [2.75, 3.05) is 31.6 Å². The average Bonchev–Trinajstić information content (AvgIpc) is 3.56. The van der Waals surface area contributed by atoms with Crippen LogP contribution in [0, 0.1) is 0 Å². The second-order valence-electron chi connectivity index (χ2n) is 7.84. The van der Waals surface area contributed by atoms with Crippen LogP contribution in [0.4, 0.5) is 15.4 Å². The lowest BCUT2D eigenvalue weighted by molar-refractivity contribution is 0.154. The predicted molar refractivity (Wildman–Crippen MR) is 118 cm³/mol. The number of carbonyl (C=O) groups is 2. The molecule has 0 saturated carbocycles. The van der Waals surface area contributed by atoms with Crippen molar-refractivity contribution in [2.45, 2.75) is 12.5 Å². The fraction of sp³-hybridized carbons (Fsp3) is 0.318. The molecule has 1 N–H and O–H groups in total. The quantitative estimate of drug-likeness (QED) is 0.637. The summed E-state index contributed by atoms with van der Waals surface area (Å²) in [6.07, 6.45) is 7.57. The molecule has 3 aromatic rings. The SMILES string of the molecule is Cn1cc(-c2cc(Oc3ccc(NC(=O)N4CCN([C@@H]5CCOC5)C4=O)nc3)ccn2)cn1. The van der Waals surface area contributed by atoms with Crippen molar-refractivity contribution in [3.05, 3.63) is 49.1 Å². The summed E-state index contributed by atoms with van der Waals surface area (Å²) in [6, 6.07) is 6.11. The van der Waals surface area contributed by atoms with Gasteiger partial charge in [0.15, 0.2) is 0 Å². The Morgan fingerprint density at radius 3 is 2.82 bits per heavy atom. The van der Waals surface area contributed by atoms with E-state index in [0.29, 0.717) is 43.6 Å². The van der Waals surface area contributed by atoms with Crippen molar-refractivity contribution >= 4 is 17.9 Å². The number of urea groups is 2. The highest BCUT2D eigenvalue weighted by Crippen LogP contribution is 2.26. The van der Waals surface area contributed by atoms with Crippen LogP contribution in [0.3, 0.4) is 0 Å². The van der Waals surface area contributed by atoms with Gasteiger partial charge < -0.3 is 14.4 Å². The second-order valence-corrected chi connectivity index (χ2v) is 7.84. The minimum Gasteiger partial charge on any atom is -0.456 e. The monoisotopic (exact) mass is 449 g/mol. The number of imide groups is 1. The average molecular weight is 449 g/mol. The Hall–Kier alpha value is -3.99. The molecule has 3 aromatic heterocycles. The highest BCUT2D eigenvalue weighted by atomic mass is 16.5. The first-order chi connectivity index (χ1) is 16.1. The van der Waals surface area contributed by atoms with Crippen LogP contribution in [0.1, 0.15) is 6.42 Å². The number of aromatic nitrogens is 4. The molecule has 5 rings (SSSR count). The van der Waals surface area contributed by atoms with Gasteiger partial charge in [0.1, 0.15) is 17.3 Å². The summed E-state index contributed by atoms with van der Waals surface area (Å²) in [5, 5.41) is 6.83. The molecule has 2 aliphatic heterocycles. The molecule has 2 fully saturated rings. The van der Waals surface area contributed by atoms with Crippen molar-refractivity contribution in [2.24, 2.45) is 7.05 Å². The summed E-state index contributed by atoms with van der Waals surface area (Å²) in [4.78, 5) is 36.7. The zero-order chi connectivity index (χ0) is 22.8. The molecule has 0 unspecified atom stereocenters. The number of hydrogen-bond acceptors (Lipinski definition) is 7. The zero-order valence-electron chi connectivity index (χ0n) is 18.0. The molecular weight excluding hydrogens is 426 g/mol. The first-order valence-corrected chi connectivity index (χ1v) is 10.6. The first-order valence-electron chi connectivity index (χ1n) is 10.6. The maximum atomic E-state index is 12.6. The van der Waals surface area contributed by atoms with E-state index in [1.54, 1.807) is 40.2 Å². The van der Waals surface area contributed by atoms with Gasteiger partial charge in [-0.2, -0.15) is 5.10 Å². The van der Waals surface area contributed by atoms with Crippen LogP contribution in [-0.2, 0) is 11.8 Å². The third kappa shape index (κ3) is 4.48. The number of aryl methyl sites for hydroxylation is 1. The minimum absolute atomic E-state index is 0.0386. The molecular formula is C22H23N7O4. The standard InChI is InChI=1S/C22H23N7O4/c1-27-13-15(11-25-27)19-10-17(4-6-23-19)33-18-2-3-20(24-12-18)26-21(30)29-8-7-28(22(29)31)16-5-9-32-14-16/h2-4,6,10-13,16H,5,7-9,14H2,1H3,(H,24,26,30)/t16-/m1/s1. The normalized spacial score (nSPS) is 18.1. The van der Waals surface area contributed by atoms with Crippen molar-refractivity contribution in [1.29, 1.82) is 0 Å². The van der Waals surface area contributed by atoms with Gasteiger partial charge in [0.25, 0.3) is 0 Å². The van der Waals surface area contributed by atoms with Crippen molar-refractivity contribution in [1.82, 2.24) is 29.5 Å². The van der Waals surface area contributed by atoms with Gasteiger partial charge >= 0.3 is 12.1 Å². The molecule has 0 aromatic carbocycles. The summed E-state index contributed by atoms with van der Waals surface area (Å²) >= 11 is 0. The van der Waals surface area contributed by atoms with Gasteiger partial charge in [0.2, 0.25) is 0 Å². The predicted octanol–water partition coefficient (Wildman–Crippen LogP) is 2.73. The lowest BCUT2D eigenvalue weighted by atomic mass is 10.2. The van der Waals surface area contributed by atoms with Gasteiger partial charge in [-0.05, 0) is 24.6 Å². The molecule has 0 bridgehead atoms. The van der Waals surface area contributed by atoms with Crippen molar-refractivity contribution in [3.63, 3.8) is 0 Å². The topological polar surface area (TPSA) is 115 Å². The zero-order valence-corrected chi connectivity index (χ0v) is 18.0. The van der Waals surface area contributed by atoms with Gasteiger partial charge in [-0.25, -0.2) is 19.5 Å². The highest BCUT2D eigenvalue weighted by Gasteiger charge is 2.38. The van der Waals surface area contributed by atoms with E-state index >= 15 is 0 Å². The summed E-state index contributed by atoms with van der Waals surface area (Å²) in [7, 11) is 1.84. The number of ether oxygens (including phenoxy) is 2. The number of carbonyl (C=O) groups excluding carboxylic acids is 2. The Bertz CT molecular complexity index is 1160. The molecule has 11 heteroatoms. The Labute approximate surface area is 189 Å². The summed E-state index contributed by atoms with van der Waals surface area (Å²) in [5.74, 6) is 1.43. The maximum absolute atomic E-state index is 12.6. The van der Waals surface area contributed by atoms with Crippen LogP contribution in [0.25, 0.3) is 11.3 Å². The van der Waals surface area contributed by atoms with Gasteiger partial charge in [-0.3, -0.25) is 15.0 Å². The van der Waals surface area contributed by atoms with E-state index in [9.17, 15) is 9.59 Å². The van der Waals surface area contributed by atoms with Gasteiger partial charge in [-0.15, -0.1) is 0 Å². The molecule has 33 heavy (non-hydrogen) atoms. The van der Waals surface area contributed by atoms with Crippen LogP contribution in [0.5, 0.6) is 11.5 Å². The van der Waals surface area contributed by atoms with Crippen LogP contribution in [-0.4, -0.2) is 74.0 Å². The molecule has 5 heterocycles. The number of nitrogens with zero attached hydrogens (tertiary/aromatic N) is 6. The third-order valence-corrected chi connectivity index (χ3v) is 5.57. The van der Waals surface area contributed by atoms with Crippen molar-refractivity contribution < 1.29 is 19.1 Å². The number of hydrogen-bond donors (Lipinski definition) is 1.